The molecule has 0 aromatic carbocycles. The minimum Gasteiger partial charge on any atom is -0.462 e. The number of fused-ring (bicyclic) bond motifs is 1. The summed E-state index contributed by atoms with van der Waals surface area (Å²) in [7, 11) is 0. The summed E-state index contributed by atoms with van der Waals surface area (Å²) >= 11 is 0. The van der Waals surface area contributed by atoms with Gasteiger partial charge >= 0.3 is 5.97 Å². The number of hydrogen-bond acceptors (Lipinski definition) is 10. The van der Waals surface area contributed by atoms with E-state index in [-0.39, 0.29) is 23.3 Å². The number of nitrogens with two attached hydrogens (primary N) is 1. The van der Waals surface area contributed by atoms with Gasteiger partial charge < -0.3 is 30.7 Å². The number of carbonyl (C=O) groups is 2. The molecule has 12 heteroatoms. The highest BCUT2D eigenvalue weighted by molar-refractivity contribution is 5.93. The summed E-state index contributed by atoms with van der Waals surface area (Å²) in [6.07, 6.45) is -1.26. The fourth-order valence-corrected chi connectivity index (χ4v) is 3.69. The predicted octanol–water partition coefficient (Wildman–Crippen LogP) is 0.224. The first-order chi connectivity index (χ1) is 16.2. The van der Waals surface area contributed by atoms with E-state index in [9.17, 15) is 25.1 Å². The van der Waals surface area contributed by atoms with Gasteiger partial charge in [0.1, 0.15) is 48.9 Å². The van der Waals surface area contributed by atoms with E-state index in [1.165, 1.54) is 16.9 Å². The molecule has 12 nitrogen and oxygen atoms in total. The second kappa shape index (κ2) is 10.4. The lowest BCUT2D eigenvalue weighted by molar-refractivity contribution is -0.153. The topological polar surface area (TPSA) is 185 Å². The molecule has 0 saturated carbocycles. The van der Waals surface area contributed by atoms with Gasteiger partial charge in [0.05, 0.1) is 5.69 Å². The lowest BCUT2D eigenvalue weighted by atomic mass is 9.92. The number of aromatic nitrogens is 3. The smallest absolute Gasteiger partial charge is 0.323 e. The lowest BCUT2D eigenvalue weighted by Crippen LogP contribution is -2.41. The monoisotopic (exact) mass is 474 g/mol. The number of aliphatic hydroxyl groups is 2. The van der Waals surface area contributed by atoms with Gasteiger partial charge in [-0.15, -0.1) is 0 Å². The zero-order valence-electron chi connectivity index (χ0n) is 19.3. The van der Waals surface area contributed by atoms with Crippen molar-refractivity contribution in [1.82, 2.24) is 14.6 Å². The molecule has 0 aliphatic carbocycles. The van der Waals surface area contributed by atoms with Crippen molar-refractivity contribution >= 4 is 23.2 Å². The summed E-state index contributed by atoms with van der Waals surface area (Å²) in [6, 6.07) is 4.14. The molecular formula is C22H30N6O6. The molecule has 3 heterocycles. The van der Waals surface area contributed by atoms with Crippen LogP contribution in [0.1, 0.15) is 45.7 Å². The number of unbranched alkanes of at least 4 members (excludes halogenated alkanes) is 1. The lowest BCUT2D eigenvalue weighted by Gasteiger charge is -2.24. The Kier molecular flexibility index (Phi) is 7.83. The quantitative estimate of drug-likeness (QED) is 0.366. The van der Waals surface area contributed by atoms with Gasteiger partial charge in [-0.3, -0.25) is 9.59 Å². The molecule has 1 aliphatic heterocycles. The van der Waals surface area contributed by atoms with Crippen LogP contribution in [0.2, 0.25) is 0 Å². The molecule has 0 unspecified atom stereocenters. The molecule has 184 valence electrons. The third-order valence-corrected chi connectivity index (χ3v) is 5.85. The second-order valence-electron chi connectivity index (χ2n) is 8.62. The standard InChI is InChI=1S/C22H30N6O6/c1-4-5-6-16(29)27-20-13-7-8-15(28(13)26-11-25-20)22(10-23)19(31)18(30)14(34-22)9-33-21(32)17(24)12(2)3/h7-8,11-12,14,17-19,30-31H,4-6,9,24H2,1-3H3,(H,25,26,27,29)/t14-,17+,18-,19-,22+/m1/s1. The van der Waals surface area contributed by atoms with Crippen LogP contribution in [-0.4, -0.2) is 67.6 Å². The third-order valence-electron chi connectivity index (χ3n) is 5.85. The maximum atomic E-state index is 12.2. The molecule has 0 bridgehead atoms. The molecule has 2 aromatic heterocycles. The minimum absolute atomic E-state index is 0.121. The fourth-order valence-electron chi connectivity index (χ4n) is 3.69. The first kappa shape index (κ1) is 25.5. The molecule has 5 N–H and O–H groups in total. The maximum absolute atomic E-state index is 12.2. The van der Waals surface area contributed by atoms with Crippen molar-refractivity contribution in [3.63, 3.8) is 0 Å². The van der Waals surface area contributed by atoms with E-state index in [4.69, 9.17) is 15.2 Å². The highest BCUT2D eigenvalue weighted by Gasteiger charge is 2.57. The minimum atomic E-state index is -2.01. The number of rotatable bonds is 9. The Morgan fingerprint density at radius 3 is 2.79 bits per heavy atom. The van der Waals surface area contributed by atoms with Crippen molar-refractivity contribution in [2.75, 3.05) is 11.9 Å². The molecule has 1 fully saturated rings. The molecule has 34 heavy (non-hydrogen) atoms. The Bertz CT molecular complexity index is 1080. The van der Waals surface area contributed by atoms with Crippen LogP contribution in [0.4, 0.5) is 5.82 Å². The van der Waals surface area contributed by atoms with E-state index in [1.54, 1.807) is 19.9 Å². The van der Waals surface area contributed by atoms with E-state index >= 15 is 0 Å². The normalized spacial score (nSPS) is 25.3. The molecule has 1 aliphatic rings. The molecule has 2 aromatic rings. The van der Waals surface area contributed by atoms with Gasteiger partial charge in [0.25, 0.3) is 0 Å². The van der Waals surface area contributed by atoms with Gasteiger partial charge in [0.15, 0.2) is 5.82 Å². The Morgan fingerprint density at radius 2 is 2.15 bits per heavy atom. The highest BCUT2D eigenvalue weighted by Crippen LogP contribution is 2.40. The Balaban J connectivity index is 1.86. The van der Waals surface area contributed by atoms with E-state index in [1.807, 2.05) is 13.0 Å². The number of nitrogens with zero attached hydrogens (tertiary/aromatic N) is 4. The van der Waals surface area contributed by atoms with Crippen LogP contribution < -0.4 is 11.1 Å². The van der Waals surface area contributed by atoms with Gasteiger partial charge in [-0.05, 0) is 24.5 Å². The molecule has 3 rings (SSSR count). The van der Waals surface area contributed by atoms with Crippen LogP contribution in [0.5, 0.6) is 0 Å². The molecule has 0 radical (unpaired) electrons. The average Bonchev–Trinajstić information content (AvgIpc) is 3.36. The third kappa shape index (κ3) is 4.74. The van der Waals surface area contributed by atoms with E-state index < -0.39 is 42.5 Å². The van der Waals surface area contributed by atoms with E-state index in [0.29, 0.717) is 11.9 Å². The fraction of sp³-hybridized carbons (Fsp3) is 0.591. The molecule has 5 atom stereocenters. The summed E-state index contributed by atoms with van der Waals surface area (Å²) in [6.45, 7) is 5.10. The SMILES string of the molecule is CCCCC(=O)Nc1ncnn2c([C@]3(C#N)O[C@H](COC(=O)[C@@H](N)C(C)C)[C@@H](O)[C@H]3O)ccc12. The van der Waals surface area contributed by atoms with Crippen LogP contribution in [-0.2, 0) is 24.7 Å². The van der Waals surface area contributed by atoms with E-state index in [2.05, 4.69) is 15.4 Å². The largest absolute Gasteiger partial charge is 0.462 e. The molecule has 0 spiro atoms. The zero-order valence-corrected chi connectivity index (χ0v) is 19.3. The van der Waals surface area contributed by atoms with Crippen LogP contribution in [0, 0.1) is 17.2 Å². The number of nitrogens with one attached hydrogen (secondary N) is 1. The number of aliphatic hydroxyl groups excluding tert-OH is 2. The molecular weight excluding hydrogens is 444 g/mol. The first-order valence-electron chi connectivity index (χ1n) is 11.2. The average molecular weight is 475 g/mol. The van der Waals surface area contributed by atoms with Gasteiger partial charge in [0.2, 0.25) is 11.5 Å². The highest BCUT2D eigenvalue weighted by atomic mass is 16.6. The number of nitriles is 1. The van der Waals surface area contributed by atoms with Crippen molar-refractivity contribution in [1.29, 1.82) is 5.26 Å². The zero-order chi connectivity index (χ0) is 25.0. The van der Waals surface area contributed by atoms with Crippen molar-refractivity contribution in [3.8, 4) is 6.07 Å². The van der Waals surface area contributed by atoms with Crippen molar-refractivity contribution in [2.45, 2.75) is 70.0 Å². The summed E-state index contributed by atoms with van der Waals surface area (Å²) in [5.74, 6) is -0.820. The van der Waals surface area contributed by atoms with Crippen LogP contribution in [0.15, 0.2) is 18.5 Å². The number of anilines is 1. The van der Waals surface area contributed by atoms with Crippen LogP contribution >= 0.6 is 0 Å². The summed E-state index contributed by atoms with van der Waals surface area (Å²) in [5, 5.41) is 38.2. The number of hydrogen-bond donors (Lipinski definition) is 4. The summed E-state index contributed by atoms with van der Waals surface area (Å²) < 4.78 is 12.3. The van der Waals surface area contributed by atoms with Crippen molar-refractivity contribution < 1.29 is 29.3 Å². The Labute approximate surface area is 196 Å². The van der Waals surface area contributed by atoms with Gasteiger partial charge in [-0.2, -0.15) is 10.4 Å². The van der Waals surface area contributed by atoms with Crippen molar-refractivity contribution in [2.24, 2.45) is 11.7 Å². The Morgan fingerprint density at radius 1 is 1.41 bits per heavy atom. The van der Waals surface area contributed by atoms with Crippen LogP contribution in [0.25, 0.3) is 5.52 Å². The van der Waals surface area contributed by atoms with Gasteiger partial charge in [-0.1, -0.05) is 27.2 Å². The molecule has 1 saturated heterocycles. The predicted molar refractivity (Wildman–Crippen MR) is 119 cm³/mol. The van der Waals surface area contributed by atoms with Gasteiger partial charge in [0, 0.05) is 6.42 Å². The number of carbonyl (C=O) groups excluding carboxylic acids is 2. The summed E-state index contributed by atoms with van der Waals surface area (Å²) in [4.78, 5) is 28.4. The number of amides is 1. The first-order valence-corrected chi connectivity index (χ1v) is 11.2. The summed E-state index contributed by atoms with van der Waals surface area (Å²) in [5.41, 5.74) is 4.26. The molecule has 1 amide bonds. The van der Waals surface area contributed by atoms with Crippen LogP contribution in [0.3, 0.4) is 0 Å². The van der Waals surface area contributed by atoms with Crippen molar-refractivity contribution in [3.05, 3.63) is 24.2 Å². The Hall–Kier alpha value is -3.11. The van der Waals surface area contributed by atoms with Gasteiger partial charge in [-0.25, -0.2) is 9.50 Å². The van der Waals surface area contributed by atoms with E-state index in [0.717, 1.165) is 12.8 Å². The maximum Gasteiger partial charge on any atom is 0.323 e. The second-order valence-corrected chi connectivity index (χ2v) is 8.62. The number of ether oxygens (including phenoxy) is 2. The number of esters is 1.